The zero-order chi connectivity index (χ0) is 22.3. The van der Waals surface area contributed by atoms with Gasteiger partial charge < -0.3 is 10.1 Å². The molecule has 0 atom stereocenters. The molecule has 32 heavy (non-hydrogen) atoms. The summed E-state index contributed by atoms with van der Waals surface area (Å²) in [6.45, 7) is 0.445. The summed E-state index contributed by atoms with van der Waals surface area (Å²) in [5.41, 5.74) is 2.26. The van der Waals surface area contributed by atoms with Crippen molar-refractivity contribution in [1.82, 2.24) is 0 Å². The van der Waals surface area contributed by atoms with Gasteiger partial charge in [0.25, 0.3) is 5.91 Å². The Hall–Kier alpha value is -4.07. The van der Waals surface area contributed by atoms with Crippen molar-refractivity contribution in [3.63, 3.8) is 0 Å². The summed E-state index contributed by atoms with van der Waals surface area (Å²) in [5, 5.41) is 14.8. The largest absolute Gasteiger partial charge is 0.489 e. The van der Waals surface area contributed by atoms with E-state index in [9.17, 15) is 10.1 Å². The van der Waals surface area contributed by atoms with Crippen molar-refractivity contribution in [2.24, 2.45) is 0 Å². The third kappa shape index (κ3) is 4.97. The molecule has 1 amide bonds. The number of hydrogen-bond acceptors (Lipinski definition) is 3. The number of halogens is 1. The lowest BCUT2D eigenvalue weighted by atomic mass is 10.1. The Morgan fingerprint density at radius 2 is 1.66 bits per heavy atom. The Morgan fingerprint density at radius 1 is 0.938 bits per heavy atom. The van der Waals surface area contributed by atoms with Crippen LogP contribution in [0.2, 0.25) is 5.02 Å². The number of hydrogen-bond donors (Lipinski definition) is 1. The van der Waals surface area contributed by atoms with E-state index >= 15 is 0 Å². The van der Waals surface area contributed by atoms with Gasteiger partial charge in [0, 0.05) is 0 Å². The van der Waals surface area contributed by atoms with Gasteiger partial charge in [-0.2, -0.15) is 5.26 Å². The van der Waals surface area contributed by atoms with Crippen LogP contribution < -0.4 is 10.1 Å². The molecule has 0 radical (unpaired) electrons. The fraction of sp³-hybridized carbons (Fsp3) is 0.0370. The first kappa shape index (κ1) is 21.2. The summed E-state index contributed by atoms with van der Waals surface area (Å²) >= 11 is 6.07. The smallest absolute Gasteiger partial charge is 0.266 e. The fourth-order valence-corrected chi connectivity index (χ4v) is 3.49. The first-order chi connectivity index (χ1) is 15.6. The Bertz CT molecular complexity index is 1330. The van der Waals surface area contributed by atoms with Crippen LogP contribution in [0.3, 0.4) is 0 Å². The van der Waals surface area contributed by atoms with Crippen molar-refractivity contribution >= 4 is 40.0 Å². The van der Waals surface area contributed by atoms with Crippen LogP contribution >= 0.6 is 11.6 Å². The second kappa shape index (κ2) is 9.82. The van der Waals surface area contributed by atoms with Crippen molar-refractivity contribution in [1.29, 1.82) is 5.26 Å². The zero-order valence-corrected chi connectivity index (χ0v) is 17.8. The molecule has 0 spiro atoms. The molecule has 5 heteroatoms. The molecule has 0 saturated heterocycles. The summed E-state index contributed by atoms with van der Waals surface area (Å²) in [5.74, 6) is 0.186. The molecule has 0 unspecified atom stereocenters. The van der Waals surface area contributed by atoms with Crippen LogP contribution in [0, 0.1) is 11.3 Å². The van der Waals surface area contributed by atoms with Gasteiger partial charge in [0.15, 0.2) is 0 Å². The molecule has 0 aromatic heterocycles. The molecule has 4 nitrogen and oxygen atoms in total. The van der Waals surface area contributed by atoms with E-state index in [4.69, 9.17) is 16.3 Å². The number of fused-ring (bicyclic) bond motifs is 1. The van der Waals surface area contributed by atoms with E-state index in [1.807, 2.05) is 36.4 Å². The van der Waals surface area contributed by atoms with E-state index in [1.54, 1.807) is 36.4 Å². The number of benzene rings is 4. The molecule has 0 aliphatic rings. The highest BCUT2D eigenvalue weighted by molar-refractivity contribution is 6.34. The van der Waals surface area contributed by atoms with Crippen molar-refractivity contribution in [3.05, 3.63) is 113 Å². The second-order valence-corrected chi connectivity index (χ2v) is 7.51. The number of carbonyl (C=O) groups is 1. The van der Waals surface area contributed by atoms with Gasteiger partial charge in [-0.3, -0.25) is 4.79 Å². The maximum atomic E-state index is 12.4. The third-order valence-electron chi connectivity index (χ3n) is 4.95. The van der Waals surface area contributed by atoms with Crippen molar-refractivity contribution in [2.45, 2.75) is 6.61 Å². The van der Waals surface area contributed by atoms with Crippen molar-refractivity contribution < 1.29 is 9.53 Å². The summed E-state index contributed by atoms with van der Waals surface area (Å²) in [6.07, 6.45) is 1.53. The molecule has 0 heterocycles. The molecular formula is C27H19ClN2O2. The molecule has 0 aliphatic heterocycles. The van der Waals surface area contributed by atoms with Gasteiger partial charge in [0.1, 0.15) is 24.0 Å². The van der Waals surface area contributed by atoms with Crippen LogP contribution in [0.4, 0.5) is 5.69 Å². The number of nitriles is 1. The second-order valence-electron chi connectivity index (χ2n) is 7.10. The summed E-state index contributed by atoms with van der Waals surface area (Å²) in [7, 11) is 0. The van der Waals surface area contributed by atoms with Crippen LogP contribution in [-0.2, 0) is 11.4 Å². The predicted molar refractivity (Wildman–Crippen MR) is 128 cm³/mol. The molecule has 0 fully saturated rings. The molecule has 4 aromatic rings. The van der Waals surface area contributed by atoms with E-state index in [0.717, 1.165) is 10.9 Å². The fourth-order valence-electron chi connectivity index (χ4n) is 3.31. The zero-order valence-electron chi connectivity index (χ0n) is 17.1. The van der Waals surface area contributed by atoms with Gasteiger partial charge in [-0.15, -0.1) is 0 Å². The standard InChI is InChI=1S/C27H19ClN2O2/c28-25-10-3-4-11-26(25)30-27(31)22(17-29)16-19-12-14-23(15-13-19)32-18-21-8-5-7-20-6-1-2-9-24(20)21/h1-16H,18H2,(H,30,31). The minimum atomic E-state index is -0.517. The lowest BCUT2D eigenvalue weighted by Gasteiger charge is -2.09. The predicted octanol–water partition coefficient (Wildman–Crippen LogP) is 6.62. The average molecular weight is 439 g/mol. The normalized spacial score (nSPS) is 11.1. The molecule has 0 saturated carbocycles. The summed E-state index contributed by atoms with van der Waals surface area (Å²) in [4.78, 5) is 12.4. The third-order valence-corrected chi connectivity index (χ3v) is 5.28. The Balaban J connectivity index is 1.44. The van der Waals surface area contributed by atoms with Crippen molar-refractivity contribution in [2.75, 3.05) is 5.32 Å². The SMILES string of the molecule is N#CC(=Cc1ccc(OCc2cccc3ccccc23)cc1)C(=O)Nc1ccccc1Cl. The number of nitrogens with one attached hydrogen (secondary N) is 1. The number of rotatable bonds is 6. The first-order valence-corrected chi connectivity index (χ1v) is 10.4. The summed E-state index contributed by atoms with van der Waals surface area (Å²) < 4.78 is 5.95. The molecular weight excluding hydrogens is 420 g/mol. The Kier molecular flexibility index (Phi) is 6.50. The number of amides is 1. The highest BCUT2D eigenvalue weighted by Gasteiger charge is 2.11. The molecule has 156 valence electrons. The van der Waals surface area contributed by atoms with E-state index in [-0.39, 0.29) is 5.57 Å². The monoisotopic (exact) mass is 438 g/mol. The van der Waals surface area contributed by atoms with Gasteiger partial charge in [0.2, 0.25) is 0 Å². The minimum Gasteiger partial charge on any atom is -0.489 e. The number of nitrogens with zero attached hydrogens (tertiary/aromatic N) is 1. The van der Waals surface area contributed by atoms with Crippen LogP contribution in [-0.4, -0.2) is 5.91 Å². The Morgan fingerprint density at radius 3 is 2.44 bits per heavy atom. The topological polar surface area (TPSA) is 62.1 Å². The quantitative estimate of drug-likeness (QED) is 0.272. The van der Waals surface area contributed by atoms with Gasteiger partial charge >= 0.3 is 0 Å². The van der Waals surface area contributed by atoms with Crippen molar-refractivity contribution in [3.8, 4) is 11.8 Å². The average Bonchev–Trinajstić information content (AvgIpc) is 2.83. The molecule has 4 rings (SSSR count). The maximum Gasteiger partial charge on any atom is 0.266 e. The Labute approximate surface area is 191 Å². The summed E-state index contributed by atoms with van der Waals surface area (Å²) in [6, 6.07) is 30.4. The van der Waals surface area contributed by atoms with E-state index in [0.29, 0.717) is 28.6 Å². The number of para-hydroxylation sites is 1. The van der Waals surface area contributed by atoms with E-state index in [2.05, 4.69) is 29.6 Å². The molecule has 0 bridgehead atoms. The van der Waals surface area contributed by atoms with Crippen LogP contribution in [0.1, 0.15) is 11.1 Å². The van der Waals surface area contributed by atoms with Crippen LogP contribution in [0.25, 0.3) is 16.8 Å². The first-order valence-electron chi connectivity index (χ1n) is 10.0. The van der Waals surface area contributed by atoms with E-state index in [1.165, 1.54) is 11.5 Å². The van der Waals surface area contributed by atoms with Gasteiger partial charge in [0.05, 0.1) is 10.7 Å². The van der Waals surface area contributed by atoms with Gasteiger partial charge in [-0.05, 0) is 52.2 Å². The van der Waals surface area contributed by atoms with Crippen LogP contribution in [0.15, 0.2) is 96.6 Å². The lowest BCUT2D eigenvalue weighted by molar-refractivity contribution is -0.112. The van der Waals surface area contributed by atoms with E-state index < -0.39 is 5.91 Å². The highest BCUT2D eigenvalue weighted by Crippen LogP contribution is 2.23. The lowest BCUT2D eigenvalue weighted by Crippen LogP contribution is -2.13. The number of anilines is 1. The highest BCUT2D eigenvalue weighted by atomic mass is 35.5. The minimum absolute atomic E-state index is 0.0191. The maximum absolute atomic E-state index is 12.4. The number of ether oxygens (including phenoxy) is 1. The van der Waals surface area contributed by atoms with Gasteiger partial charge in [-0.1, -0.05) is 78.3 Å². The molecule has 0 aliphatic carbocycles. The number of carbonyl (C=O) groups excluding carboxylic acids is 1. The van der Waals surface area contributed by atoms with Crippen LogP contribution in [0.5, 0.6) is 5.75 Å². The molecule has 4 aromatic carbocycles. The van der Waals surface area contributed by atoms with Gasteiger partial charge in [-0.25, -0.2) is 0 Å². The molecule has 1 N–H and O–H groups in total.